The fourth-order valence-corrected chi connectivity index (χ4v) is 1.38. The summed E-state index contributed by atoms with van der Waals surface area (Å²) in [5.74, 6) is 0. The lowest BCUT2D eigenvalue weighted by atomic mass is 10.1. The highest BCUT2D eigenvalue weighted by atomic mass is 35.5. The van der Waals surface area contributed by atoms with Gasteiger partial charge >= 0.3 is 0 Å². The highest BCUT2D eigenvalue weighted by Crippen LogP contribution is 2.21. The molecule has 0 heterocycles. The molecule has 2 nitrogen and oxygen atoms in total. The van der Waals surface area contributed by atoms with Crippen molar-refractivity contribution in [2.75, 3.05) is 5.32 Å². The molecule has 14 heavy (non-hydrogen) atoms. The highest BCUT2D eigenvalue weighted by molar-refractivity contribution is 6.30. The first-order chi connectivity index (χ1) is 6.63. The van der Waals surface area contributed by atoms with E-state index >= 15 is 0 Å². The molecule has 0 aliphatic heterocycles. The van der Waals surface area contributed by atoms with Gasteiger partial charge in [-0.3, -0.25) is 0 Å². The number of hydrogen-bond donors (Lipinski definition) is 1. The van der Waals surface area contributed by atoms with Crippen LogP contribution in [-0.4, -0.2) is 6.04 Å². The number of benzene rings is 1. The number of rotatable bonds is 3. The largest absolute Gasteiger partial charge is 0.381 e. The molecule has 1 atom stereocenters. The summed E-state index contributed by atoms with van der Waals surface area (Å²) in [7, 11) is 0. The van der Waals surface area contributed by atoms with E-state index in [9.17, 15) is 0 Å². The molecule has 1 rings (SSSR count). The molecule has 1 unspecified atom stereocenters. The lowest BCUT2D eigenvalue weighted by Gasteiger charge is -2.14. The first-order valence-electron chi connectivity index (χ1n) is 4.53. The van der Waals surface area contributed by atoms with Crippen molar-refractivity contribution in [3.8, 4) is 6.07 Å². The van der Waals surface area contributed by atoms with Crippen LogP contribution in [0.3, 0.4) is 0 Å². The molecule has 0 saturated carbocycles. The van der Waals surface area contributed by atoms with Crippen molar-refractivity contribution < 1.29 is 0 Å². The molecule has 74 valence electrons. The quantitative estimate of drug-likeness (QED) is 0.827. The maximum absolute atomic E-state index is 8.52. The molecule has 1 aromatic carbocycles. The minimum atomic E-state index is 0.150. The Kier molecular flexibility index (Phi) is 3.79. The maximum atomic E-state index is 8.52. The topological polar surface area (TPSA) is 35.8 Å². The Bertz CT molecular complexity index is 355. The minimum absolute atomic E-state index is 0.150. The first-order valence-corrected chi connectivity index (χ1v) is 4.91. The van der Waals surface area contributed by atoms with Gasteiger partial charge in [-0.1, -0.05) is 17.7 Å². The Hall–Kier alpha value is -1.20. The van der Waals surface area contributed by atoms with E-state index in [1.165, 1.54) is 0 Å². The summed E-state index contributed by atoms with van der Waals surface area (Å²) < 4.78 is 0. The van der Waals surface area contributed by atoms with Crippen LogP contribution in [0.4, 0.5) is 5.69 Å². The van der Waals surface area contributed by atoms with Crippen LogP contribution < -0.4 is 5.32 Å². The smallest absolute Gasteiger partial charge is 0.0643 e. The van der Waals surface area contributed by atoms with Crippen molar-refractivity contribution in [3.05, 3.63) is 28.8 Å². The normalized spacial score (nSPS) is 11.9. The van der Waals surface area contributed by atoms with Crippen molar-refractivity contribution in [1.29, 1.82) is 5.26 Å². The van der Waals surface area contributed by atoms with Crippen LogP contribution in [-0.2, 0) is 0 Å². The second kappa shape index (κ2) is 4.88. The van der Waals surface area contributed by atoms with E-state index in [0.717, 1.165) is 11.3 Å². The monoisotopic (exact) mass is 208 g/mol. The molecule has 0 aliphatic rings. The molecule has 0 aliphatic carbocycles. The maximum Gasteiger partial charge on any atom is 0.0643 e. The molecule has 0 radical (unpaired) electrons. The average molecular weight is 209 g/mol. The van der Waals surface area contributed by atoms with Gasteiger partial charge in [0.25, 0.3) is 0 Å². The number of aryl methyl sites for hydroxylation is 1. The van der Waals surface area contributed by atoms with Crippen LogP contribution in [0.1, 0.15) is 18.9 Å². The number of nitriles is 1. The van der Waals surface area contributed by atoms with E-state index < -0.39 is 0 Å². The Morgan fingerprint density at radius 1 is 1.57 bits per heavy atom. The van der Waals surface area contributed by atoms with Crippen LogP contribution in [0.2, 0.25) is 5.02 Å². The highest BCUT2D eigenvalue weighted by Gasteiger charge is 2.03. The summed E-state index contributed by atoms with van der Waals surface area (Å²) in [6.45, 7) is 3.99. The molecule has 0 amide bonds. The van der Waals surface area contributed by atoms with Crippen molar-refractivity contribution >= 4 is 17.3 Å². The summed E-state index contributed by atoms with van der Waals surface area (Å²) in [6, 6.07) is 7.98. The lowest BCUT2D eigenvalue weighted by Crippen LogP contribution is -2.14. The van der Waals surface area contributed by atoms with Gasteiger partial charge in [0, 0.05) is 16.8 Å². The van der Waals surface area contributed by atoms with E-state index in [1.807, 2.05) is 32.0 Å². The third-order valence-corrected chi connectivity index (χ3v) is 2.23. The van der Waals surface area contributed by atoms with Gasteiger partial charge in [0.1, 0.15) is 0 Å². The van der Waals surface area contributed by atoms with E-state index in [2.05, 4.69) is 11.4 Å². The Morgan fingerprint density at radius 2 is 2.29 bits per heavy atom. The van der Waals surface area contributed by atoms with Crippen molar-refractivity contribution in [2.45, 2.75) is 26.3 Å². The van der Waals surface area contributed by atoms with Gasteiger partial charge in [-0.2, -0.15) is 5.26 Å². The predicted octanol–water partition coefficient (Wildman–Crippen LogP) is 3.36. The Morgan fingerprint density at radius 3 is 2.93 bits per heavy atom. The molecule has 0 fully saturated rings. The van der Waals surface area contributed by atoms with Gasteiger partial charge in [-0.15, -0.1) is 0 Å². The second-order valence-electron chi connectivity index (χ2n) is 3.37. The molecule has 1 aromatic rings. The summed E-state index contributed by atoms with van der Waals surface area (Å²) in [4.78, 5) is 0. The number of hydrogen-bond acceptors (Lipinski definition) is 2. The van der Waals surface area contributed by atoms with Crippen molar-refractivity contribution in [1.82, 2.24) is 0 Å². The Balaban J connectivity index is 2.76. The van der Waals surface area contributed by atoms with E-state index in [0.29, 0.717) is 11.4 Å². The molecular formula is C11H13ClN2. The first kappa shape index (κ1) is 10.9. The van der Waals surface area contributed by atoms with Crippen LogP contribution in [0.5, 0.6) is 0 Å². The molecule has 0 bridgehead atoms. The third kappa shape index (κ3) is 2.93. The number of nitrogens with one attached hydrogen (secondary N) is 1. The van der Waals surface area contributed by atoms with E-state index in [-0.39, 0.29) is 6.04 Å². The molecule has 0 spiro atoms. The molecular weight excluding hydrogens is 196 g/mol. The van der Waals surface area contributed by atoms with E-state index in [4.69, 9.17) is 16.9 Å². The second-order valence-corrected chi connectivity index (χ2v) is 3.80. The summed E-state index contributed by atoms with van der Waals surface area (Å²) in [5.41, 5.74) is 2.14. The fraction of sp³-hybridized carbons (Fsp3) is 0.364. The average Bonchev–Trinajstić information content (AvgIpc) is 2.12. The van der Waals surface area contributed by atoms with Crippen LogP contribution in [0, 0.1) is 18.3 Å². The Labute approximate surface area is 89.5 Å². The predicted molar refractivity (Wildman–Crippen MR) is 59.5 cm³/mol. The zero-order valence-corrected chi connectivity index (χ0v) is 9.10. The SMILES string of the molecule is Cc1ccc(Cl)cc1NC(C)CC#N. The fourth-order valence-electron chi connectivity index (χ4n) is 1.20. The third-order valence-electron chi connectivity index (χ3n) is 2.00. The molecule has 0 saturated heterocycles. The number of nitrogens with zero attached hydrogens (tertiary/aromatic N) is 1. The van der Waals surface area contributed by atoms with E-state index in [1.54, 1.807) is 0 Å². The summed E-state index contributed by atoms with van der Waals surface area (Å²) in [6.07, 6.45) is 0.492. The van der Waals surface area contributed by atoms with Crippen molar-refractivity contribution in [2.24, 2.45) is 0 Å². The van der Waals surface area contributed by atoms with Gasteiger partial charge in [0.05, 0.1) is 12.5 Å². The standard InChI is InChI=1S/C11H13ClN2/c1-8-3-4-10(12)7-11(8)14-9(2)5-6-13/h3-4,7,9,14H,5H2,1-2H3. The minimum Gasteiger partial charge on any atom is -0.381 e. The van der Waals surface area contributed by atoms with Gasteiger partial charge in [0.15, 0.2) is 0 Å². The summed E-state index contributed by atoms with van der Waals surface area (Å²) in [5, 5.41) is 12.5. The van der Waals surface area contributed by atoms with Gasteiger partial charge in [-0.25, -0.2) is 0 Å². The van der Waals surface area contributed by atoms with Crippen LogP contribution >= 0.6 is 11.6 Å². The molecule has 3 heteroatoms. The zero-order chi connectivity index (χ0) is 10.6. The van der Waals surface area contributed by atoms with Crippen molar-refractivity contribution in [3.63, 3.8) is 0 Å². The van der Waals surface area contributed by atoms with Crippen LogP contribution in [0.25, 0.3) is 0 Å². The molecule has 0 aromatic heterocycles. The van der Waals surface area contributed by atoms with Gasteiger partial charge < -0.3 is 5.32 Å². The number of halogens is 1. The molecule has 1 N–H and O–H groups in total. The van der Waals surface area contributed by atoms with Crippen LogP contribution in [0.15, 0.2) is 18.2 Å². The lowest BCUT2D eigenvalue weighted by molar-refractivity contribution is 0.820. The van der Waals surface area contributed by atoms with Gasteiger partial charge in [0.2, 0.25) is 0 Å². The zero-order valence-electron chi connectivity index (χ0n) is 8.34. The van der Waals surface area contributed by atoms with Gasteiger partial charge in [-0.05, 0) is 31.5 Å². The summed E-state index contributed by atoms with van der Waals surface area (Å²) >= 11 is 5.87. The number of anilines is 1.